The number of quaternary nitrogens is 1. The molecule has 0 radical (unpaired) electrons. The van der Waals surface area contributed by atoms with E-state index in [1.807, 2.05) is 21.1 Å². The van der Waals surface area contributed by atoms with Crippen LogP contribution in [-0.4, -0.2) is 87.4 Å². The van der Waals surface area contributed by atoms with Gasteiger partial charge in [0.1, 0.15) is 13.2 Å². The van der Waals surface area contributed by atoms with E-state index in [0.29, 0.717) is 23.9 Å². The van der Waals surface area contributed by atoms with Gasteiger partial charge >= 0.3 is 17.9 Å². The van der Waals surface area contributed by atoms with Gasteiger partial charge in [-0.3, -0.25) is 9.59 Å². The number of rotatable bonds is 46. The molecule has 0 fully saturated rings. The van der Waals surface area contributed by atoms with Crippen LogP contribution in [0.25, 0.3) is 0 Å². The van der Waals surface area contributed by atoms with E-state index in [0.717, 1.165) is 103 Å². The van der Waals surface area contributed by atoms with Crippen LogP contribution in [0.1, 0.15) is 181 Å². The minimum atomic E-state index is -1.52. The second-order valence-corrected chi connectivity index (χ2v) is 18.1. The van der Waals surface area contributed by atoms with Crippen LogP contribution in [0, 0.1) is 0 Å². The number of ether oxygens (including phenoxy) is 4. The first-order chi connectivity index (χ1) is 32.6. The van der Waals surface area contributed by atoms with Crippen molar-refractivity contribution >= 4 is 17.9 Å². The Kier molecular flexibility index (Phi) is 45.5. The molecule has 0 aromatic carbocycles. The van der Waals surface area contributed by atoms with E-state index in [1.54, 1.807) is 0 Å². The molecule has 0 aliphatic rings. The zero-order valence-corrected chi connectivity index (χ0v) is 43.0. The first-order valence-corrected chi connectivity index (χ1v) is 26.1. The van der Waals surface area contributed by atoms with Gasteiger partial charge in [-0.2, -0.15) is 0 Å². The SMILES string of the molecule is CC/C=C\C/C=C\C/C=C\C/C=C\C/C=C\C/C=C\C/C=C\C/C=C\C/C=C\CCCCCCCCCC(=O)OC(COC(=O)CCCCCCCCC)COC(OCC[N+](C)(C)C)C(=O)O. The molecular formula is C58H96NO8+. The summed E-state index contributed by atoms with van der Waals surface area (Å²) < 4.78 is 22.6. The fourth-order valence-electron chi connectivity index (χ4n) is 6.53. The maximum absolute atomic E-state index is 12.8. The molecule has 2 unspecified atom stereocenters. The second-order valence-electron chi connectivity index (χ2n) is 18.1. The van der Waals surface area contributed by atoms with E-state index in [2.05, 4.69) is 123 Å². The number of aliphatic carboxylic acids is 1. The molecule has 67 heavy (non-hydrogen) atoms. The average Bonchev–Trinajstić information content (AvgIpc) is 3.29. The second kappa shape index (κ2) is 48.4. The number of likely N-dealkylation sites (N-methyl/N-ethyl adjacent to an activating group) is 1. The Bertz CT molecular complexity index is 1460. The van der Waals surface area contributed by atoms with Crippen LogP contribution in [-0.2, 0) is 33.3 Å². The van der Waals surface area contributed by atoms with Crippen molar-refractivity contribution in [2.45, 2.75) is 193 Å². The first kappa shape index (κ1) is 63.0. The van der Waals surface area contributed by atoms with E-state index in [9.17, 15) is 19.5 Å². The predicted molar refractivity (Wildman–Crippen MR) is 281 cm³/mol. The van der Waals surface area contributed by atoms with Crippen LogP contribution in [0.4, 0.5) is 0 Å². The molecule has 0 aliphatic carbocycles. The van der Waals surface area contributed by atoms with E-state index in [1.165, 1.54) is 44.9 Å². The van der Waals surface area contributed by atoms with Crippen LogP contribution < -0.4 is 0 Å². The number of carboxylic acid groups (broad SMARTS) is 1. The van der Waals surface area contributed by atoms with E-state index < -0.39 is 24.3 Å². The zero-order valence-electron chi connectivity index (χ0n) is 43.0. The number of hydrogen-bond donors (Lipinski definition) is 1. The lowest BCUT2D eigenvalue weighted by Crippen LogP contribution is -2.40. The third-order valence-corrected chi connectivity index (χ3v) is 10.5. The Labute approximate surface area is 409 Å². The average molecular weight is 935 g/mol. The van der Waals surface area contributed by atoms with Gasteiger partial charge in [0.05, 0.1) is 34.4 Å². The van der Waals surface area contributed by atoms with Crippen molar-refractivity contribution in [3.63, 3.8) is 0 Å². The molecule has 0 saturated heterocycles. The number of hydrogen-bond acceptors (Lipinski definition) is 7. The minimum absolute atomic E-state index is 0.181. The number of carboxylic acids is 1. The predicted octanol–water partition coefficient (Wildman–Crippen LogP) is 14.8. The summed E-state index contributed by atoms with van der Waals surface area (Å²) in [5.41, 5.74) is 0. The molecule has 380 valence electrons. The Balaban J connectivity index is 4.16. The summed E-state index contributed by atoms with van der Waals surface area (Å²) in [6.45, 7) is 4.67. The fraction of sp³-hybridized carbons (Fsp3) is 0.638. The van der Waals surface area contributed by atoms with Gasteiger partial charge in [0.15, 0.2) is 6.10 Å². The summed E-state index contributed by atoms with van der Waals surface area (Å²) in [7, 11) is 5.94. The van der Waals surface area contributed by atoms with Crippen molar-refractivity contribution in [2.24, 2.45) is 0 Å². The van der Waals surface area contributed by atoms with Crippen molar-refractivity contribution in [1.29, 1.82) is 0 Å². The fourth-order valence-corrected chi connectivity index (χ4v) is 6.53. The number of carbonyl (C=O) groups excluding carboxylic acids is 2. The lowest BCUT2D eigenvalue weighted by atomic mass is 10.1. The van der Waals surface area contributed by atoms with Crippen LogP contribution >= 0.6 is 0 Å². The molecule has 0 amide bonds. The van der Waals surface area contributed by atoms with E-state index in [4.69, 9.17) is 18.9 Å². The molecule has 0 aliphatic heterocycles. The quantitative estimate of drug-likeness (QED) is 0.0211. The summed E-state index contributed by atoms with van der Waals surface area (Å²) >= 11 is 0. The van der Waals surface area contributed by atoms with Gasteiger partial charge in [0, 0.05) is 12.8 Å². The normalized spacial score (nSPS) is 13.7. The zero-order chi connectivity index (χ0) is 49.2. The van der Waals surface area contributed by atoms with Crippen molar-refractivity contribution in [1.82, 2.24) is 0 Å². The molecule has 0 aromatic heterocycles. The molecule has 0 rings (SSSR count). The van der Waals surface area contributed by atoms with Crippen LogP contribution in [0.3, 0.4) is 0 Å². The topological polar surface area (TPSA) is 108 Å². The van der Waals surface area contributed by atoms with Crippen LogP contribution in [0.5, 0.6) is 0 Å². The summed E-state index contributed by atoms with van der Waals surface area (Å²) in [5, 5.41) is 9.62. The molecule has 9 heteroatoms. The summed E-state index contributed by atoms with van der Waals surface area (Å²) in [6.07, 6.45) is 63.3. The molecule has 0 saturated carbocycles. The molecule has 0 spiro atoms. The Morgan fingerprint density at radius 3 is 1.27 bits per heavy atom. The lowest BCUT2D eigenvalue weighted by Gasteiger charge is -2.25. The smallest absolute Gasteiger partial charge is 0.361 e. The highest BCUT2D eigenvalue weighted by Crippen LogP contribution is 2.13. The minimum Gasteiger partial charge on any atom is -0.477 e. The van der Waals surface area contributed by atoms with Gasteiger partial charge in [-0.25, -0.2) is 4.79 Å². The standard InChI is InChI=1S/C58H95NO8/c1-6-8-10-12-14-15-16-17-18-19-20-21-22-23-24-25-26-27-28-29-30-31-32-33-34-35-36-37-38-39-40-41-43-45-47-49-56(61)67-54(52-65-55(60)48-46-44-42-13-11-9-7-2)53-66-58(57(62)63)64-51-50-59(3,4)5/h8,10,14-15,17-18,20-21,23-24,26-27,29-30,32-33,35-36,54,58H,6-7,9,11-13,16,19,22,25,28,31,34,37-53H2,1-5H3/p+1/b10-8-,15-14-,18-17-,21-20-,24-23-,27-26-,30-29-,33-32-,36-35-. The Hall–Kier alpha value is -4.05. The number of esters is 2. The largest absolute Gasteiger partial charge is 0.477 e. The highest BCUT2D eigenvalue weighted by atomic mass is 16.7. The Morgan fingerprint density at radius 1 is 0.463 bits per heavy atom. The number of carbonyl (C=O) groups is 3. The van der Waals surface area contributed by atoms with Gasteiger partial charge in [-0.15, -0.1) is 0 Å². The molecule has 0 aromatic rings. The molecule has 1 N–H and O–H groups in total. The van der Waals surface area contributed by atoms with Crippen LogP contribution in [0.2, 0.25) is 0 Å². The number of allylic oxidation sites excluding steroid dienone is 18. The van der Waals surface area contributed by atoms with Crippen molar-refractivity contribution in [3.05, 3.63) is 109 Å². The molecular weight excluding hydrogens is 839 g/mol. The van der Waals surface area contributed by atoms with Gasteiger partial charge in [0.25, 0.3) is 6.29 Å². The lowest BCUT2D eigenvalue weighted by molar-refractivity contribution is -0.870. The van der Waals surface area contributed by atoms with E-state index >= 15 is 0 Å². The first-order valence-electron chi connectivity index (χ1n) is 26.1. The van der Waals surface area contributed by atoms with Gasteiger partial charge in [-0.1, -0.05) is 194 Å². The summed E-state index contributed by atoms with van der Waals surface area (Å²) in [5.74, 6) is -2.04. The summed E-state index contributed by atoms with van der Waals surface area (Å²) in [4.78, 5) is 37.0. The molecule has 9 nitrogen and oxygen atoms in total. The monoisotopic (exact) mass is 935 g/mol. The maximum atomic E-state index is 12.8. The maximum Gasteiger partial charge on any atom is 0.361 e. The van der Waals surface area contributed by atoms with Gasteiger partial charge in [0.2, 0.25) is 0 Å². The highest BCUT2D eigenvalue weighted by molar-refractivity contribution is 5.71. The van der Waals surface area contributed by atoms with Crippen LogP contribution in [0.15, 0.2) is 109 Å². The number of unbranched alkanes of at least 4 members (excludes halogenated alkanes) is 13. The summed E-state index contributed by atoms with van der Waals surface area (Å²) in [6, 6.07) is 0. The Morgan fingerprint density at radius 2 is 0.851 bits per heavy atom. The van der Waals surface area contributed by atoms with Crippen molar-refractivity contribution in [3.8, 4) is 0 Å². The third kappa shape index (κ3) is 49.7. The molecule has 2 atom stereocenters. The highest BCUT2D eigenvalue weighted by Gasteiger charge is 2.25. The molecule has 0 heterocycles. The van der Waals surface area contributed by atoms with Gasteiger partial charge in [-0.05, 0) is 83.5 Å². The molecule has 0 bridgehead atoms. The number of nitrogens with zero attached hydrogens (tertiary/aromatic N) is 1. The van der Waals surface area contributed by atoms with E-state index in [-0.39, 0.29) is 32.2 Å². The third-order valence-electron chi connectivity index (χ3n) is 10.5. The van der Waals surface area contributed by atoms with Crippen molar-refractivity contribution < 1.29 is 42.9 Å². The van der Waals surface area contributed by atoms with Gasteiger partial charge < -0.3 is 28.5 Å². The van der Waals surface area contributed by atoms with Crippen molar-refractivity contribution in [2.75, 3.05) is 47.5 Å².